The first-order chi connectivity index (χ1) is 14.7. The third-order valence-corrected chi connectivity index (χ3v) is 5.54. The summed E-state index contributed by atoms with van der Waals surface area (Å²) in [6.07, 6.45) is 1.08. The molecule has 2 aromatic carbocycles. The number of urea groups is 1. The molecule has 31 heavy (non-hydrogen) atoms. The second-order valence-electron chi connectivity index (χ2n) is 8.28. The van der Waals surface area contributed by atoms with E-state index >= 15 is 0 Å². The van der Waals surface area contributed by atoms with Crippen molar-refractivity contribution in [2.24, 2.45) is 0 Å². The van der Waals surface area contributed by atoms with E-state index in [0.29, 0.717) is 19.4 Å². The predicted octanol–water partition coefficient (Wildman–Crippen LogP) is 3.10. The number of amides is 4. The first-order valence-electron chi connectivity index (χ1n) is 10.5. The molecule has 0 bridgehead atoms. The SMILES string of the molecule is CCN(CC(=O)NN1C(=O)NC(C)(CCc2ccccc2)C1=O)c1cc(C)cc(C)c1. The monoisotopic (exact) mass is 422 g/mol. The van der Waals surface area contributed by atoms with Gasteiger partial charge in [-0.25, -0.2) is 4.79 Å². The Bertz CT molecular complexity index is 956. The fourth-order valence-electron chi connectivity index (χ4n) is 3.85. The van der Waals surface area contributed by atoms with Crippen molar-refractivity contribution in [3.8, 4) is 0 Å². The molecule has 1 saturated heterocycles. The van der Waals surface area contributed by atoms with Crippen LogP contribution in [0.1, 0.15) is 37.0 Å². The molecule has 1 fully saturated rings. The third kappa shape index (κ3) is 5.23. The number of carbonyl (C=O) groups excluding carboxylic acids is 3. The van der Waals surface area contributed by atoms with Crippen molar-refractivity contribution in [2.75, 3.05) is 18.0 Å². The maximum absolute atomic E-state index is 12.9. The van der Waals surface area contributed by atoms with E-state index in [1.165, 1.54) is 0 Å². The van der Waals surface area contributed by atoms with Crippen LogP contribution < -0.4 is 15.6 Å². The molecule has 7 nitrogen and oxygen atoms in total. The van der Waals surface area contributed by atoms with E-state index < -0.39 is 23.4 Å². The fraction of sp³-hybridized carbons (Fsp3) is 0.375. The largest absolute Gasteiger partial charge is 0.362 e. The molecule has 0 radical (unpaired) electrons. The maximum Gasteiger partial charge on any atom is 0.344 e. The number of imide groups is 1. The molecule has 4 amide bonds. The van der Waals surface area contributed by atoms with Crippen LogP contribution in [0.4, 0.5) is 10.5 Å². The van der Waals surface area contributed by atoms with Crippen LogP contribution in [0.5, 0.6) is 0 Å². The van der Waals surface area contributed by atoms with Crippen molar-refractivity contribution in [3.63, 3.8) is 0 Å². The molecule has 7 heteroatoms. The number of nitrogens with zero attached hydrogens (tertiary/aromatic N) is 2. The number of hydrogen-bond donors (Lipinski definition) is 2. The second-order valence-corrected chi connectivity index (χ2v) is 8.28. The number of aryl methyl sites for hydroxylation is 3. The summed E-state index contributed by atoms with van der Waals surface area (Å²) in [5.74, 6) is -0.868. The highest BCUT2D eigenvalue weighted by Gasteiger charge is 2.48. The fourth-order valence-corrected chi connectivity index (χ4v) is 3.85. The topological polar surface area (TPSA) is 81.8 Å². The summed E-state index contributed by atoms with van der Waals surface area (Å²) in [4.78, 5) is 39.9. The minimum absolute atomic E-state index is 0.0389. The smallest absolute Gasteiger partial charge is 0.344 e. The Labute approximate surface area is 183 Å². The maximum atomic E-state index is 12.9. The molecular weight excluding hydrogens is 392 g/mol. The van der Waals surface area contributed by atoms with Gasteiger partial charge in [0.1, 0.15) is 5.54 Å². The van der Waals surface area contributed by atoms with E-state index in [9.17, 15) is 14.4 Å². The van der Waals surface area contributed by atoms with Gasteiger partial charge in [-0.1, -0.05) is 36.4 Å². The number of hydrazine groups is 1. The molecule has 0 saturated carbocycles. The minimum atomic E-state index is -1.06. The van der Waals surface area contributed by atoms with Crippen LogP contribution >= 0.6 is 0 Å². The predicted molar refractivity (Wildman–Crippen MR) is 120 cm³/mol. The van der Waals surface area contributed by atoms with Gasteiger partial charge < -0.3 is 10.2 Å². The molecule has 1 unspecified atom stereocenters. The van der Waals surface area contributed by atoms with Gasteiger partial charge in [-0.15, -0.1) is 0 Å². The number of nitrogens with one attached hydrogen (secondary N) is 2. The van der Waals surface area contributed by atoms with Crippen molar-refractivity contribution in [1.29, 1.82) is 0 Å². The lowest BCUT2D eigenvalue weighted by Crippen LogP contribution is -2.51. The average Bonchev–Trinajstić information content (AvgIpc) is 2.94. The molecule has 1 aliphatic heterocycles. The lowest BCUT2D eigenvalue weighted by molar-refractivity contribution is -0.138. The number of anilines is 1. The summed E-state index contributed by atoms with van der Waals surface area (Å²) in [5.41, 5.74) is 5.66. The van der Waals surface area contributed by atoms with Crippen LogP contribution in [0.2, 0.25) is 0 Å². The van der Waals surface area contributed by atoms with Gasteiger partial charge >= 0.3 is 6.03 Å². The van der Waals surface area contributed by atoms with Crippen LogP contribution in [0, 0.1) is 13.8 Å². The average molecular weight is 423 g/mol. The van der Waals surface area contributed by atoms with Crippen LogP contribution in [-0.4, -0.2) is 41.5 Å². The quantitative estimate of drug-likeness (QED) is 0.641. The zero-order valence-electron chi connectivity index (χ0n) is 18.6. The number of benzene rings is 2. The summed E-state index contributed by atoms with van der Waals surface area (Å²) in [6, 6.07) is 15.3. The molecule has 0 aliphatic carbocycles. The van der Waals surface area contributed by atoms with Crippen molar-refractivity contribution in [1.82, 2.24) is 15.8 Å². The Hall–Kier alpha value is -3.35. The van der Waals surface area contributed by atoms with Crippen LogP contribution in [0.25, 0.3) is 0 Å². The molecule has 1 aliphatic rings. The van der Waals surface area contributed by atoms with E-state index in [0.717, 1.165) is 27.4 Å². The van der Waals surface area contributed by atoms with Crippen LogP contribution in [-0.2, 0) is 16.0 Å². The molecule has 2 aromatic rings. The van der Waals surface area contributed by atoms with Crippen molar-refractivity contribution >= 4 is 23.5 Å². The van der Waals surface area contributed by atoms with Crippen molar-refractivity contribution in [3.05, 3.63) is 65.2 Å². The highest BCUT2D eigenvalue weighted by molar-refractivity contribution is 6.07. The summed E-state index contributed by atoms with van der Waals surface area (Å²) in [6.45, 7) is 8.32. The lowest BCUT2D eigenvalue weighted by atomic mass is 9.93. The normalized spacial score (nSPS) is 18.1. The Morgan fingerprint density at radius 2 is 1.74 bits per heavy atom. The first-order valence-corrected chi connectivity index (χ1v) is 10.5. The van der Waals surface area contributed by atoms with Gasteiger partial charge in [-0.2, -0.15) is 5.01 Å². The zero-order valence-corrected chi connectivity index (χ0v) is 18.6. The van der Waals surface area contributed by atoms with Gasteiger partial charge in [0.05, 0.1) is 6.54 Å². The first kappa shape index (κ1) is 22.3. The molecule has 1 atom stereocenters. The van der Waals surface area contributed by atoms with E-state index in [4.69, 9.17) is 0 Å². The lowest BCUT2D eigenvalue weighted by Gasteiger charge is -2.25. The highest BCUT2D eigenvalue weighted by atomic mass is 16.2. The highest BCUT2D eigenvalue weighted by Crippen LogP contribution is 2.23. The molecule has 3 rings (SSSR count). The third-order valence-electron chi connectivity index (χ3n) is 5.54. The van der Waals surface area contributed by atoms with Gasteiger partial charge in [0.15, 0.2) is 0 Å². The summed E-state index contributed by atoms with van der Waals surface area (Å²) >= 11 is 0. The molecule has 1 heterocycles. The zero-order chi connectivity index (χ0) is 22.6. The molecule has 0 aromatic heterocycles. The van der Waals surface area contributed by atoms with E-state index in [1.54, 1.807) is 6.92 Å². The summed E-state index contributed by atoms with van der Waals surface area (Å²) < 4.78 is 0. The Kier molecular flexibility index (Phi) is 6.63. The minimum Gasteiger partial charge on any atom is -0.362 e. The summed E-state index contributed by atoms with van der Waals surface area (Å²) in [5, 5.41) is 3.54. The Balaban J connectivity index is 1.63. The van der Waals surface area contributed by atoms with Crippen LogP contribution in [0.3, 0.4) is 0 Å². The number of likely N-dealkylation sites (N-methyl/N-ethyl adjacent to an activating group) is 1. The standard InChI is InChI=1S/C24H30N4O3/c1-5-27(20-14-17(2)13-18(3)15-20)16-21(29)26-28-22(30)24(4,25-23(28)31)12-11-19-9-7-6-8-10-19/h6-10,13-15H,5,11-12,16H2,1-4H3,(H,25,31)(H,26,29). The van der Waals surface area contributed by atoms with E-state index in [-0.39, 0.29) is 6.54 Å². The number of carbonyl (C=O) groups is 3. The Morgan fingerprint density at radius 1 is 1.10 bits per heavy atom. The summed E-state index contributed by atoms with van der Waals surface area (Å²) in [7, 11) is 0. The van der Waals surface area contributed by atoms with Gasteiger partial charge in [-0.3, -0.25) is 15.0 Å². The van der Waals surface area contributed by atoms with Gasteiger partial charge in [0.2, 0.25) is 0 Å². The van der Waals surface area contributed by atoms with Gasteiger partial charge in [-0.05, 0) is 69.4 Å². The van der Waals surface area contributed by atoms with E-state index in [1.807, 2.05) is 68.1 Å². The van der Waals surface area contributed by atoms with E-state index in [2.05, 4.69) is 16.8 Å². The molecule has 2 N–H and O–H groups in total. The van der Waals surface area contributed by atoms with Crippen molar-refractivity contribution < 1.29 is 14.4 Å². The molecule has 0 spiro atoms. The number of hydrogen-bond acceptors (Lipinski definition) is 4. The number of rotatable bonds is 8. The second kappa shape index (κ2) is 9.20. The van der Waals surface area contributed by atoms with Crippen LogP contribution in [0.15, 0.2) is 48.5 Å². The van der Waals surface area contributed by atoms with Gasteiger partial charge in [0.25, 0.3) is 11.8 Å². The Morgan fingerprint density at radius 3 is 2.35 bits per heavy atom. The van der Waals surface area contributed by atoms with Gasteiger partial charge in [0, 0.05) is 12.2 Å². The van der Waals surface area contributed by atoms with Crippen molar-refractivity contribution in [2.45, 2.75) is 46.1 Å². The molecular formula is C24H30N4O3. The molecule has 164 valence electrons.